The number of nitrogens with two attached hydrogens (primary N) is 1. The number of benzene rings is 1. The maximum absolute atomic E-state index is 5.59. The molecule has 0 amide bonds. The molecule has 2 aromatic heterocycles. The van der Waals surface area contributed by atoms with Gasteiger partial charge in [0.1, 0.15) is 0 Å². The molecule has 0 atom stereocenters. The Bertz CT molecular complexity index is 628. The molecule has 2 heterocycles. The maximum Gasteiger partial charge on any atom is 0.240 e. The summed E-state index contributed by atoms with van der Waals surface area (Å²) in [5, 5.41) is 4.17. The summed E-state index contributed by atoms with van der Waals surface area (Å²) < 4.78 is 1.75. The third-order valence-corrected chi connectivity index (χ3v) is 2.45. The van der Waals surface area contributed by atoms with Gasteiger partial charge in [-0.25, -0.2) is 4.52 Å². The minimum Gasteiger partial charge on any atom is -0.366 e. The molecular weight excluding hydrogens is 200 g/mol. The van der Waals surface area contributed by atoms with Crippen LogP contribution in [0.5, 0.6) is 0 Å². The molecule has 0 saturated heterocycles. The highest BCUT2D eigenvalue weighted by Gasteiger charge is 2.05. The molecular formula is C12H10N4. The Labute approximate surface area is 92.4 Å². The summed E-state index contributed by atoms with van der Waals surface area (Å²) in [5.41, 5.74) is 8.44. The summed E-state index contributed by atoms with van der Waals surface area (Å²) in [6, 6.07) is 15.9. The van der Waals surface area contributed by atoms with Crippen molar-refractivity contribution in [3.63, 3.8) is 0 Å². The molecule has 0 unspecified atom stereocenters. The fourth-order valence-corrected chi connectivity index (χ4v) is 1.75. The number of hydrogen-bond acceptors (Lipinski definition) is 3. The van der Waals surface area contributed by atoms with E-state index in [0.717, 1.165) is 16.9 Å². The summed E-state index contributed by atoms with van der Waals surface area (Å²) in [6.45, 7) is 0. The van der Waals surface area contributed by atoms with Crippen molar-refractivity contribution < 1.29 is 0 Å². The highest BCUT2D eigenvalue weighted by atomic mass is 15.3. The first-order valence-electron chi connectivity index (χ1n) is 5.01. The Morgan fingerprint density at radius 3 is 2.56 bits per heavy atom. The van der Waals surface area contributed by atoms with Gasteiger partial charge in [0.25, 0.3) is 0 Å². The maximum atomic E-state index is 5.59. The van der Waals surface area contributed by atoms with Gasteiger partial charge in [0.2, 0.25) is 5.95 Å². The van der Waals surface area contributed by atoms with E-state index in [4.69, 9.17) is 5.73 Å². The Balaban J connectivity index is 2.31. The quantitative estimate of drug-likeness (QED) is 0.668. The smallest absolute Gasteiger partial charge is 0.240 e. The van der Waals surface area contributed by atoms with Gasteiger partial charge in [-0.05, 0) is 12.1 Å². The second-order valence-electron chi connectivity index (χ2n) is 3.52. The van der Waals surface area contributed by atoms with E-state index in [1.807, 2.05) is 48.5 Å². The monoisotopic (exact) mass is 210 g/mol. The average molecular weight is 210 g/mol. The van der Waals surface area contributed by atoms with Gasteiger partial charge in [0.05, 0.1) is 5.69 Å². The summed E-state index contributed by atoms with van der Waals surface area (Å²) in [5.74, 6) is 0.295. The summed E-state index contributed by atoms with van der Waals surface area (Å²) in [6.07, 6.45) is 0. The van der Waals surface area contributed by atoms with Crippen LogP contribution in [-0.2, 0) is 0 Å². The lowest BCUT2D eigenvalue weighted by atomic mass is 10.1. The van der Waals surface area contributed by atoms with Crippen LogP contribution in [0.15, 0.2) is 48.5 Å². The number of pyridine rings is 1. The minimum absolute atomic E-state index is 0.295. The van der Waals surface area contributed by atoms with Crippen molar-refractivity contribution in [2.24, 2.45) is 0 Å². The molecule has 78 valence electrons. The lowest BCUT2D eigenvalue weighted by molar-refractivity contribution is 0.976. The predicted octanol–water partition coefficient (Wildman–Crippen LogP) is 1.98. The van der Waals surface area contributed by atoms with Crippen LogP contribution >= 0.6 is 0 Å². The SMILES string of the molecule is Nc1nc2cccc(-c3ccccc3)n2n1. The van der Waals surface area contributed by atoms with Crippen LogP contribution in [0.2, 0.25) is 0 Å². The van der Waals surface area contributed by atoms with E-state index >= 15 is 0 Å². The molecule has 3 rings (SSSR count). The van der Waals surface area contributed by atoms with E-state index in [1.165, 1.54) is 0 Å². The molecule has 0 aliphatic rings. The Hall–Kier alpha value is -2.36. The van der Waals surface area contributed by atoms with Gasteiger partial charge < -0.3 is 5.73 Å². The van der Waals surface area contributed by atoms with Crippen molar-refractivity contribution in [1.82, 2.24) is 14.6 Å². The molecule has 0 aliphatic heterocycles. The second kappa shape index (κ2) is 3.34. The Morgan fingerprint density at radius 2 is 1.75 bits per heavy atom. The van der Waals surface area contributed by atoms with Crippen molar-refractivity contribution >= 4 is 11.6 Å². The van der Waals surface area contributed by atoms with Crippen molar-refractivity contribution in [3.05, 3.63) is 48.5 Å². The van der Waals surface area contributed by atoms with Crippen LogP contribution in [-0.4, -0.2) is 14.6 Å². The largest absolute Gasteiger partial charge is 0.366 e. The standard InChI is InChI=1S/C12H10N4/c13-12-14-11-8-4-7-10(16(11)15-12)9-5-2-1-3-6-9/h1-8H,(H2,13,15). The van der Waals surface area contributed by atoms with Crippen molar-refractivity contribution in [2.75, 3.05) is 5.73 Å². The van der Waals surface area contributed by atoms with Crippen LogP contribution in [0.1, 0.15) is 0 Å². The molecule has 0 spiro atoms. The minimum atomic E-state index is 0.295. The molecule has 3 aromatic rings. The fourth-order valence-electron chi connectivity index (χ4n) is 1.75. The van der Waals surface area contributed by atoms with Gasteiger partial charge in [0.15, 0.2) is 5.65 Å². The van der Waals surface area contributed by atoms with Gasteiger partial charge in [-0.3, -0.25) is 0 Å². The van der Waals surface area contributed by atoms with E-state index in [0.29, 0.717) is 5.95 Å². The van der Waals surface area contributed by atoms with E-state index in [1.54, 1.807) is 4.52 Å². The molecule has 0 radical (unpaired) electrons. The number of aromatic nitrogens is 3. The fraction of sp³-hybridized carbons (Fsp3) is 0. The number of anilines is 1. The summed E-state index contributed by atoms with van der Waals surface area (Å²) >= 11 is 0. The zero-order chi connectivity index (χ0) is 11.0. The number of hydrogen-bond donors (Lipinski definition) is 1. The third-order valence-electron chi connectivity index (χ3n) is 2.45. The van der Waals surface area contributed by atoms with Gasteiger partial charge in [0, 0.05) is 5.56 Å². The van der Waals surface area contributed by atoms with Crippen LogP contribution in [0.4, 0.5) is 5.95 Å². The number of rotatable bonds is 1. The molecule has 1 aromatic carbocycles. The molecule has 4 nitrogen and oxygen atoms in total. The zero-order valence-corrected chi connectivity index (χ0v) is 8.54. The van der Waals surface area contributed by atoms with Gasteiger partial charge >= 0.3 is 0 Å². The van der Waals surface area contributed by atoms with Crippen LogP contribution in [0.25, 0.3) is 16.9 Å². The lowest BCUT2D eigenvalue weighted by Gasteiger charge is -2.02. The number of nitrogen functional groups attached to an aromatic ring is 1. The first-order valence-corrected chi connectivity index (χ1v) is 5.01. The van der Waals surface area contributed by atoms with E-state index < -0.39 is 0 Å². The Kier molecular flexibility index (Phi) is 1.86. The second-order valence-corrected chi connectivity index (χ2v) is 3.52. The van der Waals surface area contributed by atoms with Crippen molar-refractivity contribution in [2.45, 2.75) is 0 Å². The molecule has 0 saturated carbocycles. The first-order chi connectivity index (χ1) is 7.84. The van der Waals surface area contributed by atoms with Crippen molar-refractivity contribution in [1.29, 1.82) is 0 Å². The van der Waals surface area contributed by atoms with Crippen LogP contribution in [0, 0.1) is 0 Å². The highest BCUT2D eigenvalue weighted by Crippen LogP contribution is 2.19. The van der Waals surface area contributed by atoms with Gasteiger partial charge in [-0.15, -0.1) is 5.10 Å². The van der Waals surface area contributed by atoms with Gasteiger partial charge in [-0.1, -0.05) is 36.4 Å². The van der Waals surface area contributed by atoms with E-state index in [2.05, 4.69) is 10.1 Å². The summed E-state index contributed by atoms with van der Waals surface area (Å²) in [7, 11) is 0. The van der Waals surface area contributed by atoms with Crippen LogP contribution < -0.4 is 5.73 Å². The van der Waals surface area contributed by atoms with E-state index in [-0.39, 0.29) is 0 Å². The molecule has 0 fully saturated rings. The topological polar surface area (TPSA) is 56.2 Å². The van der Waals surface area contributed by atoms with Crippen molar-refractivity contribution in [3.8, 4) is 11.3 Å². The Morgan fingerprint density at radius 1 is 0.938 bits per heavy atom. The molecule has 2 N–H and O–H groups in total. The van der Waals surface area contributed by atoms with Gasteiger partial charge in [-0.2, -0.15) is 4.98 Å². The highest BCUT2D eigenvalue weighted by molar-refractivity contribution is 5.63. The van der Waals surface area contributed by atoms with Crippen LogP contribution in [0.3, 0.4) is 0 Å². The molecule has 16 heavy (non-hydrogen) atoms. The van der Waals surface area contributed by atoms with E-state index in [9.17, 15) is 0 Å². The summed E-state index contributed by atoms with van der Waals surface area (Å²) in [4.78, 5) is 4.13. The molecule has 4 heteroatoms. The normalized spacial score (nSPS) is 10.8. The third kappa shape index (κ3) is 1.32. The zero-order valence-electron chi connectivity index (χ0n) is 8.54. The predicted molar refractivity (Wildman–Crippen MR) is 62.8 cm³/mol. The number of fused-ring (bicyclic) bond motifs is 1. The number of nitrogens with zero attached hydrogens (tertiary/aromatic N) is 3. The lowest BCUT2D eigenvalue weighted by Crippen LogP contribution is -1.94. The molecule has 0 bridgehead atoms. The molecule has 0 aliphatic carbocycles. The first kappa shape index (κ1) is 8.91. The average Bonchev–Trinajstić information content (AvgIpc) is 2.70.